The summed E-state index contributed by atoms with van der Waals surface area (Å²) in [5.41, 5.74) is 1.50. The smallest absolute Gasteiger partial charge is 0.193 e. The number of ether oxygens (including phenoxy) is 2. The van der Waals surface area contributed by atoms with Gasteiger partial charge in [0.05, 0.1) is 5.02 Å². The molecule has 3 rings (SSSR count). The second-order valence-electron chi connectivity index (χ2n) is 7.16. The Morgan fingerprint density at radius 2 is 2.12 bits per heavy atom. The van der Waals surface area contributed by atoms with E-state index < -0.39 is 0 Å². The lowest BCUT2D eigenvalue weighted by atomic mass is 9.93. The third kappa shape index (κ3) is 3.89. The summed E-state index contributed by atoms with van der Waals surface area (Å²) < 4.78 is 11.2. The summed E-state index contributed by atoms with van der Waals surface area (Å²) in [5, 5.41) is 4.08. The summed E-state index contributed by atoms with van der Waals surface area (Å²) in [6.07, 6.45) is 2.05. The zero-order valence-corrected chi connectivity index (χ0v) is 15.4. The third-order valence-electron chi connectivity index (χ3n) is 4.54. The van der Waals surface area contributed by atoms with Crippen LogP contribution in [0.2, 0.25) is 5.02 Å². The maximum absolute atomic E-state index is 6.29. The van der Waals surface area contributed by atoms with E-state index in [9.17, 15) is 0 Å². The first-order valence-corrected chi connectivity index (χ1v) is 8.90. The van der Waals surface area contributed by atoms with Crippen LogP contribution in [0.25, 0.3) is 0 Å². The third-order valence-corrected chi connectivity index (χ3v) is 4.82. The van der Waals surface area contributed by atoms with E-state index in [0.717, 1.165) is 43.3 Å². The van der Waals surface area contributed by atoms with Crippen LogP contribution in [0, 0.1) is 5.41 Å². The minimum atomic E-state index is 0.362. The van der Waals surface area contributed by atoms with Gasteiger partial charge in [0.2, 0.25) is 0 Å². The molecule has 5 nitrogen and oxygen atoms in total. The van der Waals surface area contributed by atoms with Gasteiger partial charge in [-0.05, 0) is 36.0 Å². The van der Waals surface area contributed by atoms with Crippen molar-refractivity contribution < 1.29 is 9.47 Å². The molecule has 0 bridgehead atoms. The Morgan fingerprint density at radius 3 is 2.83 bits per heavy atom. The number of likely N-dealkylation sites (tertiary alicyclic amines) is 1. The predicted molar refractivity (Wildman–Crippen MR) is 97.5 cm³/mol. The number of halogens is 1. The molecule has 132 valence electrons. The van der Waals surface area contributed by atoms with Gasteiger partial charge < -0.3 is 19.7 Å². The van der Waals surface area contributed by atoms with Crippen molar-refractivity contribution in [1.29, 1.82) is 0 Å². The maximum Gasteiger partial charge on any atom is 0.193 e. The van der Waals surface area contributed by atoms with Crippen molar-refractivity contribution in [3.63, 3.8) is 0 Å². The Hall–Kier alpha value is -1.62. The average Bonchev–Trinajstić information content (AvgIpc) is 2.91. The average molecular weight is 352 g/mol. The fourth-order valence-electron chi connectivity index (χ4n) is 3.25. The number of hydrogen-bond acceptors (Lipinski definition) is 3. The van der Waals surface area contributed by atoms with Gasteiger partial charge in [-0.25, -0.2) is 0 Å². The van der Waals surface area contributed by atoms with Crippen LogP contribution in [0.5, 0.6) is 11.5 Å². The molecule has 0 amide bonds. The largest absolute Gasteiger partial charge is 0.486 e. The lowest BCUT2D eigenvalue weighted by Gasteiger charge is -2.24. The van der Waals surface area contributed by atoms with E-state index in [1.807, 2.05) is 19.2 Å². The number of hydrogen-bond donors (Lipinski definition) is 1. The van der Waals surface area contributed by atoms with Gasteiger partial charge in [-0.15, -0.1) is 0 Å². The first-order valence-electron chi connectivity index (χ1n) is 8.52. The summed E-state index contributed by atoms with van der Waals surface area (Å²) >= 11 is 6.29. The number of benzene rings is 1. The molecule has 0 unspecified atom stereocenters. The minimum Gasteiger partial charge on any atom is -0.486 e. The highest BCUT2D eigenvalue weighted by Gasteiger charge is 2.30. The number of rotatable bonds is 3. The lowest BCUT2D eigenvalue weighted by Crippen LogP contribution is -2.41. The second-order valence-corrected chi connectivity index (χ2v) is 7.57. The Morgan fingerprint density at radius 1 is 1.33 bits per heavy atom. The Labute approximate surface area is 149 Å². The zero-order valence-electron chi connectivity index (χ0n) is 14.7. The molecule has 0 aliphatic carbocycles. The topological polar surface area (TPSA) is 46.1 Å². The number of nitrogens with one attached hydrogen (secondary N) is 1. The molecule has 0 atom stereocenters. The molecule has 1 aromatic rings. The molecule has 1 saturated heterocycles. The van der Waals surface area contributed by atoms with Crippen molar-refractivity contribution in [2.24, 2.45) is 10.4 Å². The molecule has 2 aliphatic heterocycles. The van der Waals surface area contributed by atoms with Gasteiger partial charge in [0.25, 0.3) is 0 Å². The number of guanidine groups is 1. The van der Waals surface area contributed by atoms with E-state index in [0.29, 0.717) is 29.4 Å². The molecule has 1 aromatic carbocycles. The van der Waals surface area contributed by atoms with Crippen LogP contribution >= 0.6 is 11.6 Å². The van der Waals surface area contributed by atoms with E-state index in [4.69, 9.17) is 21.1 Å². The fraction of sp³-hybridized carbons (Fsp3) is 0.611. The first-order chi connectivity index (χ1) is 11.5. The summed E-state index contributed by atoms with van der Waals surface area (Å²) in [7, 11) is 1.84. The van der Waals surface area contributed by atoms with E-state index in [2.05, 4.69) is 29.1 Å². The van der Waals surface area contributed by atoms with Crippen molar-refractivity contribution in [3.05, 3.63) is 22.7 Å². The van der Waals surface area contributed by atoms with Gasteiger partial charge in [-0.1, -0.05) is 25.4 Å². The summed E-state index contributed by atoms with van der Waals surface area (Å²) in [5.74, 6) is 2.38. The van der Waals surface area contributed by atoms with E-state index >= 15 is 0 Å². The van der Waals surface area contributed by atoms with Crippen LogP contribution in [-0.2, 0) is 6.42 Å². The molecular formula is C18H26ClN3O2. The first kappa shape index (κ1) is 17.2. The van der Waals surface area contributed by atoms with Gasteiger partial charge in [-0.2, -0.15) is 0 Å². The summed E-state index contributed by atoms with van der Waals surface area (Å²) in [4.78, 5) is 6.75. The Kier molecular flexibility index (Phi) is 5.09. The molecule has 0 aromatic heterocycles. The molecule has 1 N–H and O–H groups in total. The van der Waals surface area contributed by atoms with Crippen molar-refractivity contribution in [2.45, 2.75) is 26.7 Å². The fourth-order valence-corrected chi connectivity index (χ4v) is 3.54. The van der Waals surface area contributed by atoms with E-state index in [-0.39, 0.29) is 0 Å². The normalized spacial score (nSPS) is 19.5. The molecule has 6 heteroatoms. The van der Waals surface area contributed by atoms with Crippen molar-refractivity contribution in [2.75, 3.05) is 39.9 Å². The van der Waals surface area contributed by atoms with Crippen LogP contribution in [0.15, 0.2) is 17.1 Å². The number of aliphatic imine (C=N–C) groups is 1. The lowest BCUT2D eigenvalue weighted by molar-refractivity contribution is 0.171. The summed E-state index contributed by atoms with van der Waals surface area (Å²) in [6, 6.07) is 3.97. The van der Waals surface area contributed by atoms with Crippen LogP contribution < -0.4 is 14.8 Å². The van der Waals surface area contributed by atoms with Gasteiger partial charge in [0.15, 0.2) is 17.5 Å². The monoisotopic (exact) mass is 351 g/mol. The standard InChI is InChI=1S/C18H26ClN3O2/c1-18(2)5-7-22(12-18)17(20-3)21-6-4-13-10-14(19)16-15(11-13)23-8-9-24-16/h10-11H,4-9,12H2,1-3H3,(H,20,21). The van der Waals surface area contributed by atoms with Gasteiger partial charge >= 0.3 is 0 Å². The SMILES string of the molecule is CN=C(NCCc1cc(Cl)c2c(c1)OCCO2)N1CCC(C)(C)C1. The molecule has 0 saturated carbocycles. The molecule has 1 fully saturated rings. The zero-order chi connectivity index (χ0) is 17.2. The minimum absolute atomic E-state index is 0.362. The van der Waals surface area contributed by atoms with Crippen LogP contribution in [0.3, 0.4) is 0 Å². The Balaban J connectivity index is 1.57. The second kappa shape index (κ2) is 7.09. The van der Waals surface area contributed by atoms with Crippen molar-refractivity contribution >= 4 is 17.6 Å². The highest BCUT2D eigenvalue weighted by atomic mass is 35.5. The summed E-state index contributed by atoms with van der Waals surface area (Å²) in [6.45, 7) is 8.64. The molecule has 2 heterocycles. The molecule has 24 heavy (non-hydrogen) atoms. The van der Waals surface area contributed by atoms with Crippen molar-refractivity contribution in [1.82, 2.24) is 10.2 Å². The molecular weight excluding hydrogens is 326 g/mol. The number of fused-ring (bicyclic) bond motifs is 1. The quantitative estimate of drug-likeness (QED) is 0.671. The van der Waals surface area contributed by atoms with Gasteiger partial charge in [0.1, 0.15) is 13.2 Å². The van der Waals surface area contributed by atoms with Crippen LogP contribution in [0.1, 0.15) is 25.8 Å². The highest BCUT2D eigenvalue weighted by Crippen LogP contribution is 2.38. The van der Waals surface area contributed by atoms with Crippen LogP contribution in [-0.4, -0.2) is 50.8 Å². The highest BCUT2D eigenvalue weighted by molar-refractivity contribution is 6.32. The maximum atomic E-state index is 6.29. The number of nitrogens with zero attached hydrogens (tertiary/aromatic N) is 2. The Bertz CT molecular complexity index is 631. The molecule has 2 aliphatic rings. The molecule has 0 spiro atoms. The molecule has 0 radical (unpaired) electrons. The van der Waals surface area contributed by atoms with E-state index in [1.165, 1.54) is 6.42 Å². The van der Waals surface area contributed by atoms with Crippen LogP contribution in [0.4, 0.5) is 0 Å². The van der Waals surface area contributed by atoms with Gasteiger partial charge in [0, 0.05) is 26.7 Å². The van der Waals surface area contributed by atoms with Crippen molar-refractivity contribution in [3.8, 4) is 11.5 Å². The van der Waals surface area contributed by atoms with E-state index in [1.54, 1.807) is 0 Å². The predicted octanol–water partition coefficient (Wildman–Crippen LogP) is 2.96. The van der Waals surface area contributed by atoms with Gasteiger partial charge in [-0.3, -0.25) is 4.99 Å².